The summed E-state index contributed by atoms with van der Waals surface area (Å²) in [5.74, 6) is 2.84. The lowest BCUT2D eigenvalue weighted by molar-refractivity contribution is 0.0944. The van der Waals surface area contributed by atoms with Gasteiger partial charge in [-0.15, -0.1) is 0 Å². The van der Waals surface area contributed by atoms with Crippen molar-refractivity contribution in [2.24, 2.45) is 4.99 Å². The smallest absolute Gasteiger partial charge is 0.161 e. The fourth-order valence-corrected chi connectivity index (χ4v) is 2.43. The molecule has 0 radical (unpaired) electrons. The average molecular weight is 246 g/mol. The van der Waals surface area contributed by atoms with E-state index in [-0.39, 0.29) is 6.10 Å². The molecule has 1 aromatic rings. The third-order valence-electron chi connectivity index (χ3n) is 3.39. The molecule has 18 heavy (non-hydrogen) atoms. The maximum Gasteiger partial charge on any atom is 0.161 e. The molecule has 2 aliphatic heterocycles. The Morgan fingerprint density at radius 1 is 1.33 bits per heavy atom. The summed E-state index contributed by atoms with van der Waals surface area (Å²) in [5, 5.41) is 0. The minimum Gasteiger partial charge on any atom is -0.486 e. The van der Waals surface area contributed by atoms with Crippen LogP contribution < -0.4 is 9.47 Å². The van der Waals surface area contributed by atoms with Gasteiger partial charge in [-0.25, -0.2) is 0 Å². The minimum atomic E-state index is 0.0748. The molecule has 1 unspecified atom stereocenters. The van der Waals surface area contributed by atoms with E-state index in [1.807, 2.05) is 24.3 Å². The Hall–Kier alpha value is -1.71. The first-order valence-electron chi connectivity index (χ1n) is 6.53. The minimum absolute atomic E-state index is 0.0748. The lowest BCUT2D eigenvalue weighted by atomic mass is 10.2. The molecule has 0 amide bonds. The van der Waals surface area contributed by atoms with Crippen molar-refractivity contribution in [1.82, 2.24) is 4.90 Å². The number of likely N-dealkylation sites (N-methyl/N-ethyl adjacent to an activating group) is 1. The first-order chi connectivity index (χ1) is 8.86. The van der Waals surface area contributed by atoms with Crippen molar-refractivity contribution in [2.75, 3.05) is 26.2 Å². The van der Waals surface area contributed by atoms with E-state index in [4.69, 9.17) is 9.47 Å². The molecule has 0 saturated carbocycles. The highest BCUT2D eigenvalue weighted by Crippen LogP contribution is 2.31. The molecule has 1 atom stereocenters. The highest BCUT2D eigenvalue weighted by Gasteiger charge is 2.25. The summed E-state index contributed by atoms with van der Waals surface area (Å²) in [7, 11) is 0. The first-order valence-corrected chi connectivity index (χ1v) is 6.53. The van der Waals surface area contributed by atoms with Crippen LogP contribution in [0.5, 0.6) is 11.5 Å². The lowest BCUT2D eigenvalue weighted by Gasteiger charge is -2.28. The molecule has 2 heterocycles. The Morgan fingerprint density at radius 3 is 3.00 bits per heavy atom. The number of ether oxygens (including phenoxy) is 2. The Kier molecular flexibility index (Phi) is 3.09. The van der Waals surface area contributed by atoms with Crippen molar-refractivity contribution in [3.05, 3.63) is 24.3 Å². The molecule has 2 aliphatic rings. The number of para-hydroxylation sites is 2. The number of amidine groups is 1. The molecule has 1 aromatic carbocycles. The van der Waals surface area contributed by atoms with Gasteiger partial charge in [0.2, 0.25) is 0 Å². The SMILES string of the molecule is CCN1CCN=C1CC1COc2ccccc2O1. The van der Waals surface area contributed by atoms with Crippen molar-refractivity contribution < 1.29 is 9.47 Å². The van der Waals surface area contributed by atoms with Crippen LogP contribution >= 0.6 is 0 Å². The van der Waals surface area contributed by atoms with Crippen LogP contribution in [0.1, 0.15) is 13.3 Å². The van der Waals surface area contributed by atoms with Gasteiger partial charge >= 0.3 is 0 Å². The molecule has 0 spiro atoms. The van der Waals surface area contributed by atoms with Gasteiger partial charge in [-0.1, -0.05) is 12.1 Å². The molecule has 96 valence electrons. The number of nitrogens with zero attached hydrogens (tertiary/aromatic N) is 2. The van der Waals surface area contributed by atoms with Gasteiger partial charge in [0.15, 0.2) is 11.5 Å². The summed E-state index contributed by atoms with van der Waals surface area (Å²) >= 11 is 0. The summed E-state index contributed by atoms with van der Waals surface area (Å²) in [4.78, 5) is 6.85. The van der Waals surface area contributed by atoms with Crippen molar-refractivity contribution in [2.45, 2.75) is 19.4 Å². The van der Waals surface area contributed by atoms with E-state index in [1.165, 1.54) is 0 Å². The van der Waals surface area contributed by atoms with E-state index in [9.17, 15) is 0 Å². The molecular weight excluding hydrogens is 228 g/mol. The van der Waals surface area contributed by atoms with Crippen LogP contribution in [-0.2, 0) is 0 Å². The predicted octanol–water partition coefficient (Wildman–Crippen LogP) is 1.95. The zero-order valence-electron chi connectivity index (χ0n) is 10.6. The number of fused-ring (bicyclic) bond motifs is 1. The van der Waals surface area contributed by atoms with Gasteiger partial charge < -0.3 is 14.4 Å². The molecule has 0 fully saturated rings. The number of benzene rings is 1. The van der Waals surface area contributed by atoms with Gasteiger partial charge in [0.25, 0.3) is 0 Å². The van der Waals surface area contributed by atoms with Crippen molar-refractivity contribution in [3.63, 3.8) is 0 Å². The van der Waals surface area contributed by atoms with Crippen LogP contribution in [-0.4, -0.2) is 43.1 Å². The fraction of sp³-hybridized carbons (Fsp3) is 0.500. The van der Waals surface area contributed by atoms with Gasteiger partial charge in [0, 0.05) is 19.5 Å². The fourth-order valence-electron chi connectivity index (χ4n) is 2.43. The molecule has 0 N–H and O–H groups in total. The van der Waals surface area contributed by atoms with Crippen LogP contribution in [0.2, 0.25) is 0 Å². The Balaban J connectivity index is 1.66. The van der Waals surface area contributed by atoms with Gasteiger partial charge in [-0.2, -0.15) is 0 Å². The molecular formula is C14H18N2O2. The first kappa shape index (κ1) is 11.4. The molecule has 0 aromatic heterocycles. The monoisotopic (exact) mass is 246 g/mol. The van der Waals surface area contributed by atoms with E-state index < -0.39 is 0 Å². The third-order valence-corrected chi connectivity index (χ3v) is 3.39. The molecule has 0 saturated heterocycles. The number of hydrogen-bond acceptors (Lipinski definition) is 4. The zero-order chi connectivity index (χ0) is 12.4. The maximum absolute atomic E-state index is 5.95. The zero-order valence-corrected chi connectivity index (χ0v) is 10.6. The van der Waals surface area contributed by atoms with Crippen molar-refractivity contribution >= 4 is 5.84 Å². The second-order valence-corrected chi connectivity index (χ2v) is 4.58. The highest BCUT2D eigenvalue weighted by atomic mass is 16.6. The largest absolute Gasteiger partial charge is 0.486 e. The van der Waals surface area contributed by atoms with E-state index in [0.717, 1.165) is 43.4 Å². The molecule has 0 bridgehead atoms. The normalized spacial score (nSPS) is 21.9. The molecule has 0 aliphatic carbocycles. The lowest BCUT2D eigenvalue weighted by Crippen LogP contribution is -2.36. The van der Waals surface area contributed by atoms with Gasteiger partial charge in [-0.05, 0) is 19.1 Å². The second kappa shape index (κ2) is 4.88. The van der Waals surface area contributed by atoms with Crippen LogP contribution in [0.4, 0.5) is 0 Å². The average Bonchev–Trinajstić information content (AvgIpc) is 2.86. The van der Waals surface area contributed by atoms with Gasteiger partial charge in [0.05, 0.1) is 6.54 Å². The van der Waals surface area contributed by atoms with E-state index in [1.54, 1.807) is 0 Å². The summed E-state index contributed by atoms with van der Waals surface area (Å²) in [6, 6.07) is 7.82. The van der Waals surface area contributed by atoms with Gasteiger partial charge in [-0.3, -0.25) is 4.99 Å². The van der Waals surface area contributed by atoms with Crippen LogP contribution in [0.15, 0.2) is 29.3 Å². The maximum atomic E-state index is 5.95. The Morgan fingerprint density at radius 2 is 2.17 bits per heavy atom. The van der Waals surface area contributed by atoms with Crippen LogP contribution in [0, 0.1) is 0 Å². The Labute approximate surface area is 107 Å². The highest BCUT2D eigenvalue weighted by molar-refractivity contribution is 5.84. The van der Waals surface area contributed by atoms with Gasteiger partial charge in [0.1, 0.15) is 18.5 Å². The van der Waals surface area contributed by atoms with Crippen molar-refractivity contribution in [1.29, 1.82) is 0 Å². The topological polar surface area (TPSA) is 34.1 Å². The third kappa shape index (κ3) is 2.15. The summed E-state index contributed by atoms with van der Waals surface area (Å²) in [6.45, 7) is 5.73. The van der Waals surface area contributed by atoms with Crippen LogP contribution in [0.3, 0.4) is 0 Å². The second-order valence-electron chi connectivity index (χ2n) is 4.58. The predicted molar refractivity (Wildman–Crippen MR) is 70.5 cm³/mol. The summed E-state index contributed by atoms with van der Waals surface area (Å²) < 4.78 is 11.7. The molecule has 3 rings (SSSR count). The van der Waals surface area contributed by atoms with Crippen molar-refractivity contribution in [3.8, 4) is 11.5 Å². The Bertz CT molecular complexity index is 459. The standard InChI is InChI=1S/C14H18N2O2/c1-2-16-8-7-15-14(16)9-11-10-17-12-5-3-4-6-13(12)18-11/h3-6,11H,2,7-10H2,1H3. The quantitative estimate of drug-likeness (QED) is 0.817. The summed E-state index contributed by atoms with van der Waals surface area (Å²) in [5.41, 5.74) is 0. The summed E-state index contributed by atoms with van der Waals surface area (Å²) in [6.07, 6.45) is 0.910. The van der Waals surface area contributed by atoms with E-state index in [2.05, 4.69) is 16.8 Å². The molecule has 4 nitrogen and oxygen atoms in total. The number of hydrogen-bond donors (Lipinski definition) is 0. The van der Waals surface area contributed by atoms with E-state index in [0.29, 0.717) is 6.61 Å². The number of aliphatic imine (C=N–C) groups is 1. The molecule has 4 heteroatoms. The van der Waals surface area contributed by atoms with Crippen LogP contribution in [0.25, 0.3) is 0 Å². The van der Waals surface area contributed by atoms with E-state index >= 15 is 0 Å². The number of rotatable bonds is 3.